The monoisotopic (exact) mass is 506 g/mol. The van der Waals surface area contributed by atoms with E-state index in [-0.39, 0.29) is 21.6 Å². The predicted octanol–water partition coefficient (Wildman–Crippen LogP) is 7.00. The molecular weight excluding hydrogens is 480 g/mol. The molecule has 0 aliphatic heterocycles. The number of halogens is 1. The Morgan fingerprint density at radius 3 is 2.12 bits per heavy atom. The normalized spacial score (nSPS) is 30.6. The van der Waals surface area contributed by atoms with E-state index < -0.39 is 0 Å². The number of benzene rings is 2. The average Bonchev–Trinajstić information content (AvgIpc) is 3.21. The number of carbonyl (C=O) groups is 1. The third kappa shape index (κ3) is 3.63. The number of thiazole rings is 1. The van der Waals surface area contributed by atoms with Crippen molar-refractivity contribution in [2.45, 2.75) is 48.8 Å². The van der Waals surface area contributed by atoms with Crippen molar-refractivity contribution in [2.75, 3.05) is 5.32 Å². The van der Waals surface area contributed by atoms with Crippen LogP contribution in [0.25, 0.3) is 0 Å². The summed E-state index contributed by atoms with van der Waals surface area (Å²) in [6.07, 6.45) is 6.81. The molecule has 4 bridgehead atoms. The summed E-state index contributed by atoms with van der Waals surface area (Å²) in [6.45, 7) is 0. The highest BCUT2D eigenvalue weighted by atomic mass is 79.9. The van der Waals surface area contributed by atoms with Crippen molar-refractivity contribution in [1.82, 2.24) is 4.98 Å². The summed E-state index contributed by atoms with van der Waals surface area (Å²) < 4.78 is 0.175. The molecule has 0 spiro atoms. The molecule has 1 N–H and O–H groups in total. The minimum absolute atomic E-state index is 0.0599. The van der Waals surface area contributed by atoms with Crippen molar-refractivity contribution in [3.05, 3.63) is 82.9 Å². The van der Waals surface area contributed by atoms with Crippen LogP contribution in [0, 0.1) is 17.3 Å². The number of rotatable bonds is 5. The third-order valence-electron chi connectivity index (χ3n) is 7.78. The summed E-state index contributed by atoms with van der Waals surface area (Å²) >= 11 is 5.57. The Hall–Kier alpha value is -1.98. The lowest BCUT2D eigenvalue weighted by Gasteiger charge is -2.59. The lowest BCUT2D eigenvalue weighted by Crippen LogP contribution is -2.57. The molecule has 1 amide bonds. The first-order chi connectivity index (χ1) is 15.5. The number of aromatic nitrogens is 1. The van der Waals surface area contributed by atoms with Gasteiger partial charge in [-0.3, -0.25) is 4.79 Å². The fourth-order valence-corrected chi connectivity index (χ4v) is 9.13. The molecule has 0 unspecified atom stereocenters. The molecule has 1 aromatic heterocycles. The molecule has 4 aliphatic rings. The number of hydrogen-bond donors (Lipinski definition) is 1. The molecule has 32 heavy (non-hydrogen) atoms. The zero-order valence-electron chi connectivity index (χ0n) is 18.0. The summed E-state index contributed by atoms with van der Waals surface area (Å²) in [4.78, 5) is 18.5. The number of nitrogens with zero attached hydrogens (tertiary/aromatic N) is 1. The van der Waals surface area contributed by atoms with Crippen LogP contribution in [-0.4, -0.2) is 15.2 Å². The summed E-state index contributed by atoms with van der Waals surface area (Å²) in [5.41, 5.74) is 3.19. The maximum absolute atomic E-state index is 13.6. The van der Waals surface area contributed by atoms with Crippen LogP contribution in [0.4, 0.5) is 5.13 Å². The lowest BCUT2D eigenvalue weighted by molar-refractivity contribution is -0.138. The summed E-state index contributed by atoms with van der Waals surface area (Å²) in [5, 5.41) is 6.07. The molecular formula is C27H27BrN2OS. The van der Waals surface area contributed by atoms with Gasteiger partial charge in [-0.05, 0) is 61.5 Å². The molecule has 0 saturated heterocycles. The maximum Gasteiger partial charge on any atom is 0.232 e. The Morgan fingerprint density at radius 1 is 0.969 bits per heavy atom. The number of nitrogens with one attached hydrogen (secondary N) is 1. The minimum Gasteiger partial charge on any atom is -0.301 e. The summed E-state index contributed by atoms with van der Waals surface area (Å²) in [7, 11) is 0. The van der Waals surface area contributed by atoms with Gasteiger partial charge in [-0.25, -0.2) is 4.98 Å². The number of hydrogen-bond acceptors (Lipinski definition) is 3. The zero-order valence-corrected chi connectivity index (χ0v) is 20.4. The second-order valence-corrected chi connectivity index (χ2v) is 12.7. The molecule has 164 valence electrons. The van der Waals surface area contributed by atoms with E-state index in [1.54, 1.807) is 11.3 Å². The van der Waals surface area contributed by atoms with Gasteiger partial charge in [0, 0.05) is 9.70 Å². The van der Waals surface area contributed by atoms with Gasteiger partial charge in [-0.2, -0.15) is 0 Å². The van der Waals surface area contributed by atoms with Crippen LogP contribution in [0.5, 0.6) is 0 Å². The van der Waals surface area contributed by atoms with Gasteiger partial charge in [-0.15, -0.1) is 11.3 Å². The molecule has 3 nitrogen and oxygen atoms in total. The molecule has 1 heterocycles. The number of amides is 1. The Bertz CT molecular complexity index is 1080. The SMILES string of the molecule is O=C(Nc1nc(C(c2ccccc2)c2ccccc2)cs1)C12C[C@@H]3C[C@H](CC(Br)(C3)C1)C2. The number of alkyl halides is 1. The van der Waals surface area contributed by atoms with Gasteiger partial charge in [-0.1, -0.05) is 76.6 Å². The summed E-state index contributed by atoms with van der Waals surface area (Å²) in [6, 6.07) is 21.0. The van der Waals surface area contributed by atoms with Crippen molar-refractivity contribution < 1.29 is 4.79 Å². The minimum atomic E-state index is -0.225. The van der Waals surface area contributed by atoms with Crippen molar-refractivity contribution in [1.29, 1.82) is 0 Å². The zero-order chi connectivity index (χ0) is 21.8. The van der Waals surface area contributed by atoms with Crippen LogP contribution in [0.3, 0.4) is 0 Å². The van der Waals surface area contributed by atoms with E-state index in [1.807, 2.05) is 12.1 Å². The average molecular weight is 507 g/mol. The first-order valence-electron chi connectivity index (χ1n) is 11.6. The van der Waals surface area contributed by atoms with Gasteiger partial charge in [0.05, 0.1) is 17.0 Å². The highest BCUT2D eigenvalue weighted by Gasteiger charge is 2.59. The van der Waals surface area contributed by atoms with E-state index in [0.717, 1.165) is 30.1 Å². The highest BCUT2D eigenvalue weighted by Crippen LogP contribution is 2.64. The predicted molar refractivity (Wildman–Crippen MR) is 133 cm³/mol. The molecule has 2 atom stereocenters. The molecule has 3 aromatic rings. The van der Waals surface area contributed by atoms with Crippen LogP contribution in [-0.2, 0) is 4.79 Å². The summed E-state index contributed by atoms with van der Waals surface area (Å²) in [5.74, 6) is 1.62. The first-order valence-corrected chi connectivity index (χ1v) is 13.2. The molecule has 4 fully saturated rings. The topological polar surface area (TPSA) is 42.0 Å². The van der Waals surface area contributed by atoms with E-state index in [0.29, 0.717) is 11.8 Å². The molecule has 5 heteroatoms. The first kappa shape index (κ1) is 20.6. The molecule has 0 radical (unpaired) electrons. The van der Waals surface area contributed by atoms with E-state index in [4.69, 9.17) is 4.98 Å². The maximum atomic E-state index is 13.6. The lowest BCUT2D eigenvalue weighted by atomic mass is 9.49. The third-order valence-corrected chi connectivity index (χ3v) is 9.48. The molecule has 4 saturated carbocycles. The standard InChI is InChI=1S/C27H27BrN2OS/c28-27-14-18-11-19(15-27)13-26(12-18,17-27)24(31)30-25-29-22(16-32-25)23(20-7-3-1-4-8-20)21-9-5-2-6-10-21/h1-10,16,18-19,23H,11-15,17H2,(H,29,30,31)/t18-,19-,26?,27?/m0/s1. The van der Waals surface area contributed by atoms with Crippen molar-refractivity contribution >= 4 is 38.3 Å². The van der Waals surface area contributed by atoms with Crippen LogP contribution in [0.2, 0.25) is 0 Å². The molecule has 2 aromatic carbocycles. The fraction of sp³-hybridized carbons (Fsp3) is 0.407. The van der Waals surface area contributed by atoms with E-state index >= 15 is 0 Å². The Labute approximate surface area is 201 Å². The van der Waals surface area contributed by atoms with Crippen molar-refractivity contribution in [3.63, 3.8) is 0 Å². The van der Waals surface area contributed by atoms with Crippen LogP contribution in [0.15, 0.2) is 66.0 Å². The quantitative estimate of drug-likeness (QED) is 0.378. The van der Waals surface area contributed by atoms with E-state index in [1.165, 1.54) is 30.4 Å². The smallest absolute Gasteiger partial charge is 0.232 e. The number of carbonyl (C=O) groups excluding carboxylic acids is 1. The van der Waals surface area contributed by atoms with Crippen LogP contribution >= 0.6 is 27.3 Å². The molecule has 4 aliphatic carbocycles. The van der Waals surface area contributed by atoms with Gasteiger partial charge in [0.15, 0.2) is 5.13 Å². The van der Waals surface area contributed by atoms with Gasteiger partial charge < -0.3 is 5.32 Å². The van der Waals surface area contributed by atoms with Gasteiger partial charge in [0.25, 0.3) is 0 Å². The van der Waals surface area contributed by atoms with Gasteiger partial charge in [0.2, 0.25) is 5.91 Å². The second kappa shape index (κ2) is 7.81. The molecule has 7 rings (SSSR count). The van der Waals surface area contributed by atoms with E-state index in [9.17, 15) is 4.79 Å². The van der Waals surface area contributed by atoms with Crippen molar-refractivity contribution in [3.8, 4) is 0 Å². The second-order valence-electron chi connectivity index (χ2n) is 10.2. The van der Waals surface area contributed by atoms with Crippen LogP contribution in [0.1, 0.15) is 61.3 Å². The largest absolute Gasteiger partial charge is 0.301 e. The Kier molecular flexibility index (Phi) is 5.03. The van der Waals surface area contributed by atoms with Gasteiger partial charge in [0.1, 0.15) is 0 Å². The van der Waals surface area contributed by atoms with E-state index in [2.05, 4.69) is 75.2 Å². The van der Waals surface area contributed by atoms with Gasteiger partial charge >= 0.3 is 0 Å². The Morgan fingerprint density at radius 2 is 1.56 bits per heavy atom. The Balaban J connectivity index is 1.27. The van der Waals surface area contributed by atoms with Crippen molar-refractivity contribution in [2.24, 2.45) is 17.3 Å². The fourth-order valence-electron chi connectivity index (χ4n) is 6.95. The van der Waals surface area contributed by atoms with Crippen LogP contribution < -0.4 is 5.32 Å². The number of anilines is 1. The highest BCUT2D eigenvalue weighted by molar-refractivity contribution is 9.10.